The minimum Gasteiger partial charge on any atom is -0.497 e. The zero-order valence-corrected chi connectivity index (χ0v) is 43.1. The van der Waals surface area contributed by atoms with Crippen LogP contribution in [0.2, 0.25) is 0 Å². The van der Waals surface area contributed by atoms with Gasteiger partial charge in [0.15, 0.2) is 6.29 Å². The van der Waals surface area contributed by atoms with Crippen molar-refractivity contribution in [3.63, 3.8) is 0 Å². The second-order valence-electron chi connectivity index (χ2n) is 19.5. The number of aliphatic hydroxyl groups is 1. The van der Waals surface area contributed by atoms with Crippen LogP contribution in [-0.2, 0) is 59.6 Å². The van der Waals surface area contributed by atoms with Crippen LogP contribution in [0.4, 0.5) is 0 Å². The number of carbonyl (C=O) groups excluding carboxylic acids is 4. The topological polar surface area (TPSA) is 178 Å². The molecular formula is C63H58N2O14. The first-order valence-corrected chi connectivity index (χ1v) is 26.2. The van der Waals surface area contributed by atoms with Gasteiger partial charge in [-0.1, -0.05) is 146 Å². The number of imide groups is 2. The molecule has 0 radical (unpaired) electrons. The SMILES string of the molecule is COc1ccc(O[C@@H]2O[C@H](COCc3ccccc3)[C@@H](O[C@@H]3O[C@H](COCc4ccccc4)[C@@H](O)[C@H](OCc4ccccc4)[C@H]3N3C(=O)c4ccccc4C3=O)[C@H](OCc3ccccc3)[C@H]2N2C(=O)c3ccccc3C2=O)cc1. The van der Waals surface area contributed by atoms with Gasteiger partial charge < -0.3 is 47.7 Å². The standard InChI is InChI=1S/C63H58N2O14/c1-71-44-30-32-45(33-31-44)76-62-53(65-60(69)48-28-16-17-29-49(48)61(65)70)57(75-37-43-24-12-5-13-25-43)55(51(78-62)39-73-35-41-20-8-3-9-21-41)79-63-52(64-58(67)46-26-14-15-27-47(46)59(64)68)56(74-36-42-22-10-4-11-23-42)54(66)50(77-63)38-72-34-40-18-6-2-7-19-40/h2-33,50-57,62-63,66H,34-39H2,1H3/t50-,51-,52-,53-,54-,55-,56-,57-,62-,63+/m1/s1. The number of nitrogens with zero attached hydrogens (tertiary/aromatic N) is 2. The van der Waals surface area contributed by atoms with E-state index < -0.39 is 84.9 Å². The van der Waals surface area contributed by atoms with Crippen molar-refractivity contribution in [1.29, 1.82) is 0 Å². The molecule has 4 aliphatic rings. The van der Waals surface area contributed by atoms with E-state index >= 15 is 0 Å². The van der Waals surface area contributed by atoms with Crippen LogP contribution < -0.4 is 9.47 Å². The summed E-state index contributed by atoms with van der Waals surface area (Å²) in [6.07, 6.45) is -11.1. The third kappa shape index (κ3) is 11.5. The number of rotatable bonds is 21. The maximum Gasteiger partial charge on any atom is 0.262 e. The van der Waals surface area contributed by atoms with Gasteiger partial charge in [-0.15, -0.1) is 0 Å². The molecule has 0 unspecified atom stereocenters. The number of ether oxygens (including phenoxy) is 9. The molecule has 0 bridgehead atoms. The van der Waals surface area contributed by atoms with Crippen LogP contribution >= 0.6 is 0 Å². The van der Waals surface area contributed by atoms with Gasteiger partial charge in [-0.3, -0.25) is 29.0 Å². The van der Waals surface area contributed by atoms with Gasteiger partial charge in [0, 0.05) is 0 Å². The molecule has 2 saturated heterocycles. The first kappa shape index (κ1) is 53.1. The maximum absolute atomic E-state index is 14.9. The molecule has 2 fully saturated rings. The average Bonchev–Trinajstić information content (AvgIpc) is 4.18. The Bertz CT molecular complexity index is 3140. The van der Waals surface area contributed by atoms with E-state index in [4.69, 9.17) is 42.6 Å². The number of benzene rings is 7. The largest absolute Gasteiger partial charge is 0.497 e. The summed E-state index contributed by atoms with van der Waals surface area (Å²) in [6.45, 7) is -0.209. The van der Waals surface area contributed by atoms with E-state index in [0.29, 0.717) is 11.5 Å². The lowest BCUT2D eigenvalue weighted by atomic mass is 9.92. The molecule has 4 amide bonds. The molecule has 4 heterocycles. The minimum atomic E-state index is -1.65. The Hall–Kier alpha value is -7.90. The van der Waals surface area contributed by atoms with Crippen LogP contribution in [-0.4, -0.2) is 120 Å². The van der Waals surface area contributed by atoms with Gasteiger partial charge in [0.25, 0.3) is 23.6 Å². The van der Waals surface area contributed by atoms with Gasteiger partial charge in [-0.2, -0.15) is 0 Å². The summed E-state index contributed by atoms with van der Waals surface area (Å²) in [5, 5.41) is 12.6. The summed E-state index contributed by atoms with van der Waals surface area (Å²) in [5.41, 5.74) is 3.80. The normalized spacial score (nSPS) is 24.6. The van der Waals surface area contributed by atoms with Crippen molar-refractivity contribution in [1.82, 2.24) is 9.80 Å². The number of fused-ring (bicyclic) bond motifs is 2. The number of hydrogen-bond donors (Lipinski definition) is 1. The van der Waals surface area contributed by atoms with Crippen LogP contribution in [0.15, 0.2) is 194 Å². The molecule has 4 aliphatic heterocycles. The van der Waals surface area contributed by atoms with Gasteiger partial charge in [0.1, 0.15) is 60.2 Å². The highest BCUT2D eigenvalue weighted by molar-refractivity contribution is 6.22. The third-order valence-electron chi connectivity index (χ3n) is 14.5. The summed E-state index contributed by atoms with van der Waals surface area (Å²) in [5.74, 6) is -1.73. The highest BCUT2D eigenvalue weighted by Crippen LogP contribution is 2.41. The first-order chi connectivity index (χ1) is 38.7. The van der Waals surface area contributed by atoms with Crippen LogP contribution in [0.5, 0.6) is 11.5 Å². The van der Waals surface area contributed by atoms with E-state index in [-0.39, 0.29) is 61.9 Å². The number of methoxy groups -OCH3 is 1. The molecule has 10 atom stereocenters. The molecule has 7 aromatic rings. The summed E-state index contributed by atoms with van der Waals surface area (Å²) in [7, 11) is 1.54. The molecule has 11 rings (SSSR count). The van der Waals surface area contributed by atoms with Gasteiger partial charge in [0.05, 0.1) is 69.0 Å². The maximum atomic E-state index is 14.9. The summed E-state index contributed by atoms with van der Waals surface area (Å²) >= 11 is 0. The Kier molecular flexibility index (Phi) is 16.4. The summed E-state index contributed by atoms with van der Waals surface area (Å²) in [6, 6.07) is 54.4. The zero-order valence-electron chi connectivity index (χ0n) is 43.1. The van der Waals surface area contributed by atoms with E-state index in [9.17, 15) is 24.3 Å². The van der Waals surface area contributed by atoms with E-state index in [1.165, 1.54) is 0 Å². The molecule has 7 aromatic carbocycles. The van der Waals surface area contributed by atoms with Crippen molar-refractivity contribution in [3.8, 4) is 11.5 Å². The van der Waals surface area contributed by atoms with Gasteiger partial charge in [0.2, 0.25) is 6.29 Å². The van der Waals surface area contributed by atoms with Gasteiger partial charge in [-0.25, -0.2) is 0 Å². The third-order valence-corrected chi connectivity index (χ3v) is 14.5. The number of hydrogen-bond acceptors (Lipinski definition) is 14. The fourth-order valence-corrected chi connectivity index (χ4v) is 10.5. The van der Waals surface area contributed by atoms with Crippen molar-refractivity contribution in [3.05, 3.63) is 239 Å². The number of carbonyl (C=O) groups is 4. The van der Waals surface area contributed by atoms with Gasteiger partial charge in [-0.05, 0) is 70.8 Å². The molecule has 79 heavy (non-hydrogen) atoms. The highest BCUT2D eigenvalue weighted by atomic mass is 16.7. The zero-order chi connectivity index (χ0) is 54.2. The van der Waals surface area contributed by atoms with Crippen molar-refractivity contribution in [2.75, 3.05) is 20.3 Å². The van der Waals surface area contributed by atoms with E-state index in [0.717, 1.165) is 32.1 Å². The fourth-order valence-electron chi connectivity index (χ4n) is 10.5. The van der Waals surface area contributed by atoms with Gasteiger partial charge >= 0.3 is 0 Å². The monoisotopic (exact) mass is 1070 g/mol. The molecule has 16 nitrogen and oxygen atoms in total. The molecule has 0 aromatic heterocycles. The molecule has 0 saturated carbocycles. The molecule has 16 heteroatoms. The van der Waals surface area contributed by atoms with Crippen molar-refractivity contribution in [2.24, 2.45) is 0 Å². The lowest BCUT2D eigenvalue weighted by molar-refractivity contribution is -0.342. The van der Waals surface area contributed by atoms with E-state index in [1.807, 2.05) is 121 Å². The molecule has 0 aliphatic carbocycles. The van der Waals surface area contributed by atoms with E-state index in [1.54, 1.807) is 79.9 Å². The Morgan fingerprint density at radius 2 is 0.785 bits per heavy atom. The Balaban J connectivity index is 1.05. The highest BCUT2D eigenvalue weighted by Gasteiger charge is 2.60. The predicted octanol–water partition coefficient (Wildman–Crippen LogP) is 8.20. The van der Waals surface area contributed by atoms with Crippen molar-refractivity contribution < 1.29 is 66.9 Å². The Morgan fingerprint density at radius 3 is 1.23 bits per heavy atom. The average molecular weight is 1070 g/mol. The molecule has 1 N–H and O–H groups in total. The molecular weight excluding hydrogens is 1010 g/mol. The molecule has 404 valence electrons. The van der Waals surface area contributed by atoms with Crippen molar-refractivity contribution in [2.45, 2.75) is 87.7 Å². The number of amides is 4. The lowest BCUT2D eigenvalue weighted by Gasteiger charge is -2.51. The predicted molar refractivity (Wildman–Crippen MR) is 286 cm³/mol. The number of aliphatic hydroxyl groups excluding tert-OH is 1. The Morgan fingerprint density at radius 1 is 0.418 bits per heavy atom. The lowest BCUT2D eigenvalue weighted by Crippen LogP contribution is -2.71. The molecule has 0 spiro atoms. The Labute approximate surface area is 456 Å². The minimum absolute atomic E-state index is 0.0515. The summed E-state index contributed by atoms with van der Waals surface area (Å²) < 4.78 is 60.1. The van der Waals surface area contributed by atoms with Crippen LogP contribution in [0.3, 0.4) is 0 Å². The fraction of sp³-hybridized carbons (Fsp3) is 0.270. The van der Waals surface area contributed by atoms with Crippen LogP contribution in [0.25, 0.3) is 0 Å². The first-order valence-electron chi connectivity index (χ1n) is 26.2. The quantitative estimate of drug-likeness (QED) is 0.0681. The van der Waals surface area contributed by atoms with Crippen LogP contribution in [0.1, 0.15) is 63.7 Å². The smallest absolute Gasteiger partial charge is 0.262 e. The second-order valence-corrected chi connectivity index (χ2v) is 19.5. The van der Waals surface area contributed by atoms with E-state index in [2.05, 4.69) is 0 Å². The summed E-state index contributed by atoms with van der Waals surface area (Å²) in [4.78, 5) is 61.7. The van der Waals surface area contributed by atoms with Crippen LogP contribution in [0, 0.1) is 0 Å². The van der Waals surface area contributed by atoms with Crippen molar-refractivity contribution >= 4 is 23.6 Å². The second kappa shape index (κ2) is 24.4.